The number of ether oxygens (including phenoxy) is 2. The molecule has 1 atom stereocenters. The summed E-state index contributed by atoms with van der Waals surface area (Å²) in [6.07, 6.45) is -4.61. The maximum absolute atomic E-state index is 12.2. The molecule has 0 aliphatic heterocycles. The summed E-state index contributed by atoms with van der Waals surface area (Å²) >= 11 is 0. The quantitative estimate of drug-likeness (QED) is 0.612. The molecule has 0 aliphatic rings. The van der Waals surface area contributed by atoms with E-state index in [0.717, 1.165) is 0 Å². The fraction of sp³-hybridized carbons (Fsp3) is 0.500. The molecule has 0 fully saturated rings. The van der Waals surface area contributed by atoms with Gasteiger partial charge >= 0.3 is 12.3 Å². The highest BCUT2D eigenvalue weighted by atomic mass is 19.4. The van der Waals surface area contributed by atoms with Gasteiger partial charge in [0.2, 0.25) is 0 Å². The molecule has 1 aromatic carbocycles. The van der Waals surface area contributed by atoms with E-state index >= 15 is 0 Å². The van der Waals surface area contributed by atoms with Gasteiger partial charge in [0.1, 0.15) is 17.1 Å². The Kier molecular flexibility index (Phi) is 6.36. The molecule has 24 heavy (non-hydrogen) atoms. The normalized spacial score (nSPS) is 13.3. The minimum absolute atomic E-state index is 0.0424. The van der Waals surface area contributed by atoms with E-state index in [1.807, 2.05) is 0 Å². The lowest BCUT2D eigenvalue weighted by Gasteiger charge is -2.20. The Morgan fingerprint density at radius 3 is 2.46 bits per heavy atom. The number of carbonyl (C=O) groups is 1. The summed E-state index contributed by atoms with van der Waals surface area (Å²) in [4.78, 5) is 11.7. The number of nitrogens with two attached hydrogens (primary N) is 1. The highest BCUT2D eigenvalue weighted by molar-refractivity contribution is 6.35. The van der Waals surface area contributed by atoms with Crippen LogP contribution in [-0.2, 0) is 16.0 Å². The standard InChI is InChI=1S/C16H21F3N2O3/c1-15(2,3)24-14(22)13(21)9-11(20)7-10-5-4-6-12(8-10)23-16(17,18)19/h4-6,8,11,21H,7,9,20H2,1-3H3. The number of benzene rings is 1. The highest BCUT2D eigenvalue weighted by Crippen LogP contribution is 2.23. The van der Waals surface area contributed by atoms with Crippen molar-refractivity contribution in [2.24, 2.45) is 5.73 Å². The predicted molar refractivity (Wildman–Crippen MR) is 83.0 cm³/mol. The van der Waals surface area contributed by atoms with Crippen LogP contribution in [0.4, 0.5) is 13.2 Å². The van der Waals surface area contributed by atoms with E-state index in [-0.39, 0.29) is 24.3 Å². The molecule has 0 bridgehead atoms. The fourth-order valence-electron chi connectivity index (χ4n) is 1.93. The van der Waals surface area contributed by atoms with Crippen molar-refractivity contribution in [3.63, 3.8) is 0 Å². The van der Waals surface area contributed by atoms with Crippen LogP contribution in [0.1, 0.15) is 32.8 Å². The number of carbonyl (C=O) groups excluding carboxylic acids is 1. The highest BCUT2D eigenvalue weighted by Gasteiger charge is 2.31. The number of nitrogens with one attached hydrogen (secondary N) is 1. The smallest absolute Gasteiger partial charge is 0.456 e. The van der Waals surface area contributed by atoms with Crippen molar-refractivity contribution in [2.45, 2.75) is 51.6 Å². The second-order valence-electron chi connectivity index (χ2n) is 6.34. The van der Waals surface area contributed by atoms with Gasteiger partial charge in [0.15, 0.2) is 0 Å². The zero-order chi connectivity index (χ0) is 18.5. The van der Waals surface area contributed by atoms with Gasteiger partial charge in [-0.1, -0.05) is 12.1 Å². The molecule has 1 unspecified atom stereocenters. The molecular formula is C16H21F3N2O3. The first kappa shape index (κ1) is 20.0. The van der Waals surface area contributed by atoms with Crippen molar-refractivity contribution in [1.82, 2.24) is 0 Å². The Labute approximate surface area is 138 Å². The van der Waals surface area contributed by atoms with E-state index in [9.17, 15) is 18.0 Å². The summed E-state index contributed by atoms with van der Waals surface area (Å²) < 4.78 is 45.5. The Balaban J connectivity index is 2.62. The minimum Gasteiger partial charge on any atom is -0.456 e. The van der Waals surface area contributed by atoms with Crippen LogP contribution in [-0.4, -0.2) is 29.7 Å². The topological polar surface area (TPSA) is 85.4 Å². The average Bonchev–Trinajstić information content (AvgIpc) is 2.34. The largest absolute Gasteiger partial charge is 0.573 e. The maximum atomic E-state index is 12.2. The number of hydrogen-bond acceptors (Lipinski definition) is 5. The zero-order valence-electron chi connectivity index (χ0n) is 13.7. The van der Waals surface area contributed by atoms with Gasteiger partial charge in [0.05, 0.1) is 0 Å². The monoisotopic (exact) mass is 346 g/mol. The first-order valence-electron chi connectivity index (χ1n) is 7.27. The van der Waals surface area contributed by atoms with E-state index < -0.39 is 24.0 Å². The van der Waals surface area contributed by atoms with Crippen LogP contribution in [0.15, 0.2) is 24.3 Å². The summed E-state index contributed by atoms with van der Waals surface area (Å²) in [5.41, 5.74) is 5.40. The number of esters is 1. The summed E-state index contributed by atoms with van der Waals surface area (Å²) in [7, 11) is 0. The zero-order valence-corrected chi connectivity index (χ0v) is 13.7. The van der Waals surface area contributed by atoms with Crippen LogP contribution >= 0.6 is 0 Å². The van der Waals surface area contributed by atoms with Crippen molar-refractivity contribution >= 4 is 11.7 Å². The summed E-state index contributed by atoms with van der Waals surface area (Å²) in [6, 6.07) is 4.82. The van der Waals surface area contributed by atoms with Crippen LogP contribution in [0.25, 0.3) is 0 Å². The van der Waals surface area contributed by atoms with Gasteiger partial charge in [-0.05, 0) is 44.9 Å². The second kappa shape index (κ2) is 7.65. The lowest BCUT2D eigenvalue weighted by molar-refractivity contribution is -0.274. The molecule has 0 heterocycles. The number of rotatable bonds is 6. The number of alkyl halides is 3. The van der Waals surface area contributed by atoms with Crippen LogP contribution in [0.3, 0.4) is 0 Å². The van der Waals surface area contributed by atoms with E-state index in [4.69, 9.17) is 15.9 Å². The molecule has 5 nitrogen and oxygen atoms in total. The second-order valence-corrected chi connectivity index (χ2v) is 6.34. The number of hydrogen-bond donors (Lipinski definition) is 2. The molecule has 1 aromatic rings. The SMILES string of the molecule is CC(C)(C)OC(=O)C(=N)CC(N)Cc1cccc(OC(F)(F)F)c1. The average molecular weight is 346 g/mol. The third kappa shape index (κ3) is 7.96. The summed E-state index contributed by atoms with van der Waals surface area (Å²) in [5.74, 6) is -1.10. The van der Waals surface area contributed by atoms with E-state index in [1.165, 1.54) is 18.2 Å². The Bertz CT molecular complexity index is 595. The fourth-order valence-corrected chi connectivity index (χ4v) is 1.93. The summed E-state index contributed by atoms with van der Waals surface area (Å²) in [6.45, 7) is 5.05. The third-order valence-electron chi connectivity index (χ3n) is 2.74. The predicted octanol–water partition coefficient (Wildman–Crippen LogP) is 3.21. The minimum atomic E-state index is -4.76. The van der Waals surface area contributed by atoms with Crippen LogP contribution in [0, 0.1) is 5.41 Å². The first-order chi connectivity index (χ1) is 10.9. The van der Waals surface area contributed by atoms with Crippen LogP contribution < -0.4 is 10.5 Å². The van der Waals surface area contributed by atoms with Crippen molar-refractivity contribution in [3.05, 3.63) is 29.8 Å². The molecule has 0 saturated heterocycles. The van der Waals surface area contributed by atoms with Gasteiger partial charge in [-0.15, -0.1) is 13.2 Å². The van der Waals surface area contributed by atoms with Crippen LogP contribution in [0.5, 0.6) is 5.75 Å². The van der Waals surface area contributed by atoms with Crippen molar-refractivity contribution in [2.75, 3.05) is 0 Å². The van der Waals surface area contributed by atoms with Crippen molar-refractivity contribution < 1.29 is 27.4 Å². The lowest BCUT2D eigenvalue weighted by Crippen LogP contribution is -2.33. The lowest BCUT2D eigenvalue weighted by atomic mass is 10.0. The van der Waals surface area contributed by atoms with E-state index in [1.54, 1.807) is 26.8 Å². The maximum Gasteiger partial charge on any atom is 0.573 e. The number of halogens is 3. The van der Waals surface area contributed by atoms with Crippen molar-refractivity contribution in [1.29, 1.82) is 5.41 Å². The molecule has 0 spiro atoms. The molecule has 0 aliphatic carbocycles. The molecule has 0 amide bonds. The molecule has 1 rings (SSSR count). The van der Waals surface area contributed by atoms with E-state index in [0.29, 0.717) is 5.56 Å². The molecule has 134 valence electrons. The molecule has 8 heteroatoms. The molecule has 0 aromatic heterocycles. The molecule has 0 saturated carbocycles. The molecular weight excluding hydrogens is 325 g/mol. The Morgan fingerprint density at radius 2 is 1.92 bits per heavy atom. The van der Waals surface area contributed by atoms with Gasteiger partial charge in [-0.3, -0.25) is 5.41 Å². The Hall–Kier alpha value is -2.09. The van der Waals surface area contributed by atoms with E-state index in [2.05, 4.69) is 4.74 Å². The van der Waals surface area contributed by atoms with Gasteiger partial charge in [-0.2, -0.15) is 0 Å². The molecule has 0 radical (unpaired) electrons. The van der Waals surface area contributed by atoms with Crippen molar-refractivity contribution in [3.8, 4) is 5.75 Å². The molecule has 3 N–H and O–H groups in total. The Morgan fingerprint density at radius 1 is 1.29 bits per heavy atom. The summed E-state index contributed by atoms with van der Waals surface area (Å²) in [5, 5.41) is 7.70. The third-order valence-corrected chi connectivity index (χ3v) is 2.74. The van der Waals surface area contributed by atoms with Gasteiger partial charge < -0.3 is 15.2 Å². The van der Waals surface area contributed by atoms with Crippen LogP contribution in [0.2, 0.25) is 0 Å². The van der Waals surface area contributed by atoms with Gasteiger partial charge in [0.25, 0.3) is 0 Å². The van der Waals surface area contributed by atoms with Gasteiger partial charge in [0, 0.05) is 12.5 Å². The first-order valence-corrected chi connectivity index (χ1v) is 7.27. The van der Waals surface area contributed by atoms with Gasteiger partial charge in [-0.25, -0.2) is 4.79 Å².